The Hall–Kier alpha value is -1.20. The van der Waals surface area contributed by atoms with E-state index in [0.717, 1.165) is 32.1 Å². The molecular weight excluding hydrogens is 296 g/mol. The number of Topliss-reactive ketones (excluding diaryl/α,β-unsaturated/α-hetero) is 1. The Labute approximate surface area is 138 Å². The second-order valence-electron chi connectivity index (χ2n) is 6.48. The molecule has 1 saturated carbocycles. The number of hydrogen-bond donors (Lipinski definition) is 3. The summed E-state index contributed by atoms with van der Waals surface area (Å²) < 4.78 is 0. The lowest BCUT2D eigenvalue weighted by Gasteiger charge is -2.17. The van der Waals surface area contributed by atoms with Crippen LogP contribution in [0.25, 0.3) is 0 Å². The van der Waals surface area contributed by atoms with Gasteiger partial charge in [-0.1, -0.05) is 44.8 Å². The Morgan fingerprint density at radius 3 is 2.57 bits per heavy atom. The van der Waals surface area contributed by atoms with Crippen LogP contribution < -0.4 is 0 Å². The van der Waals surface area contributed by atoms with E-state index >= 15 is 0 Å². The van der Waals surface area contributed by atoms with Crippen LogP contribution in [-0.4, -0.2) is 39.3 Å². The topological polar surface area (TPSA) is 94.8 Å². The molecule has 4 atom stereocenters. The third-order valence-corrected chi connectivity index (χ3v) is 4.61. The van der Waals surface area contributed by atoms with Crippen LogP contribution in [0.15, 0.2) is 12.2 Å². The third-order valence-electron chi connectivity index (χ3n) is 4.61. The zero-order valence-electron chi connectivity index (χ0n) is 14.0. The van der Waals surface area contributed by atoms with Gasteiger partial charge in [0.2, 0.25) is 0 Å². The molecule has 0 aliphatic heterocycles. The molecule has 1 fully saturated rings. The van der Waals surface area contributed by atoms with Crippen LogP contribution in [0, 0.1) is 11.8 Å². The largest absolute Gasteiger partial charge is 0.481 e. The van der Waals surface area contributed by atoms with E-state index in [9.17, 15) is 19.8 Å². The number of hydrogen-bond acceptors (Lipinski definition) is 4. The SMILES string of the molecule is CC[C@@H](O)/C=C/[C@@H]1[C@H](CCCCCCCC(=O)O)C(=O)C[C@@H]1O. The van der Waals surface area contributed by atoms with E-state index in [0.29, 0.717) is 12.8 Å². The highest BCUT2D eigenvalue weighted by molar-refractivity contribution is 5.84. The van der Waals surface area contributed by atoms with Gasteiger partial charge in [-0.2, -0.15) is 0 Å². The van der Waals surface area contributed by atoms with Crippen molar-refractivity contribution in [2.24, 2.45) is 11.8 Å². The number of aliphatic carboxylic acids is 1. The Balaban J connectivity index is 2.33. The minimum Gasteiger partial charge on any atom is -0.481 e. The molecule has 0 bridgehead atoms. The molecule has 132 valence electrons. The zero-order valence-corrected chi connectivity index (χ0v) is 14.0. The molecule has 0 aromatic carbocycles. The van der Waals surface area contributed by atoms with Gasteiger partial charge in [-0.25, -0.2) is 0 Å². The monoisotopic (exact) mass is 326 g/mol. The summed E-state index contributed by atoms with van der Waals surface area (Å²) in [5.74, 6) is -0.969. The number of carbonyl (C=O) groups is 2. The molecule has 1 aliphatic carbocycles. The van der Waals surface area contributed by atoms with Gasteiger partial charge in [0.05, 0.1) is 12.2 Å². The van der Waals surface area contributed by atoms with Crippen LogP contribution in [0.1, 0.15) is 64.7 Å². The van der Waals surface area contributed by atoms with Gasteiger partial charge in [0.1, 0.15) is 5.78 Å². The van der Waals surface area contributed by atoms with Crippen LogP contribution in [0.4, 0.5) is 0 Å². The minimum atomic E-state index is -0.751. The lowest BCUT2D eigenvalue weighted by atomic mass is 9.88. The van der Waals surface area contributed by atoms with Gasteiger partial charge in [0.15, 0.2) is 0 Å². The third kappa shape index (κ3) is 7.27. The first-order chi connectivity index (χ1) is 11.0. The first-order valence-corrected chi connectivity index (χ1v) is 8.74. The minimum absolute atomic E-state index is 0.115. The van der Waals surface area contributed by atoms with Crippen LogP contribution >= 0.6 is 0 Å². The van der Waals surface area contributed by atoms with E-state index in [-0.39, 0.29) is 30.5 Å². The van der Waals surface area contributed by atoms with Gasteiger partial charge in [-0.05, 0) is 19.3 Å². The quantitative estimate of drug-likeness (QED) is 0.401. The average Bonchev–Trinajstić information content (AvgIpc) is 2.77. The normalized spacial score (nSPS) is 26.0. The first kappa shape index (κ1) is 19.8. The number of ketones is 1. The molecule has 0 radical (unpaired) electrons. The summed E-state index contributed by atoms with van der Waals surface area (Å²) in [5, 5.41) is 28.2. The number of rotatable bonds is 11. The van der Waals surface area contributed by atoms with Gasteiger partial charge < -0.3 is 15.3 Å². The summed E-state index contributed by atoms with van der Waals surface area (Å²) in [4.78, 5) is 22.4. The van der Waals surface area contributed by atoms with Crippen molar-refractivity contribution < 1.29 is 24.9 Å². The fourth-order valence-electron chi connectivity index (χ4n) is 3.16. The molecule has 23 heavy (non-hydrogen) atoms. The fourth-order valence-corrected chi connectivity index (χ4v) is 3.16. The predicted octanol–water partition coefficient (Wildman–Crippen LogP) is 2.69. The van der Waals surface area contributed by atoms with Crippen molar-refractivity contribution in [3.05, 3.63) is 12.2 Å². The Kier molecular flexibility index (Phi) is 9.10. The molecule has 0 heterocycles. The van der Waals surface area contributed by atoms with Crippen molar-refractivity contribution in [1.82, 2.24) is 0 Å². The molecule has 0 aromatic heterocycles. The highest BCUT2D eigenvalue weighted by Gasteiger charge is 2.39. The van der Waals surface area contributed by atoms with Crippen LogP contribution in [0.3, 0.4) is 0 Å². The Morgan fingerprint density at radius 1 is 1.26 bits per heavy atom. The number of unbranched alkanes of at least 4 members (excludes halogenated alkanes) is 4. The van der Waals surface area contributed by atoms with E-state index in [1.807, 2.05) is 6.92 Å². The second kappa shape index (κ2) is 10.6. The summed E-state index contributed by atoms with van der Waals surface area (Å²) >= 11 is 0. The van der Waals surface area contributed by atoms with Crippen LogP contribution in [-0.2, 0) is 9.59 Å². The number of carboxylic acid groups (broad SMARTS) is 1. The summed E-state index contributed by atoms with van der Waals surface area (Å²) in [5.41, 5.74) is 0. The molecule has 5 heteroatoms. The van der Waals surface area contributed by atoms with Crippen molar-refractivity contribution >= 4 is 11.8 Å². The van der Waals surface area contributed by atoms with Crippen LogP contribution in [0.2, 0.25) is 0 Å². The molecule has 1 rings (SSSR count). The molecule has 0 unspecified atom stereocenters. The van der Waals surface area contributed by atoms with E-state index in [2.05, 4.69) is 0 Å². The van der Waals surface area contributed by atoms with E-state index in [4.69, 9.17) is 5.11 Å². The lowest BCUT2D eigenvalue weighted by Crippen LogP contribution is -2.19. The number of aliphatic hydroxyl groups is 2. The Morgan fingerprint density at radius 2 is 1.91 bits per heavy atom. The first-order valence-electron chi connectivity index (χ1n) is 8.74. The lowest BCUT2D eigenvalue weighted by molar-refractivity contribution is -0.137. The van der Waals surface area contributed by atoms with Gasteiger partial charge in [-0.3, -0.25) is 9.59 Å². The summed E-state index contributed by atoms with van der Waals surface area (Å²) in [6.07, 6.45) is 8.62. The van der Waals surface area contributed by atoms with Crippen molar-refractivity contribution in [3.8, 4) is 0 Å². The molecule has 3 N–H and O–H groups in total. The molecule has 0 saturated heterocycles. The van der Waals surface area contributed by atoms with Crippen molar-refractivity contribution in [3.63, 3.8) is 0 Å². The van der Waals surface area contributed by atoms with Crippen molar-refractivity contribution in [1.29, 1.82) is 0 Å². The van der Waals surface area contributed by atoms with Gasteiger partial charge in [-0.15, -0.1) is 0 Å². The van der Waals surface area contributed by atoms with Crippen molar-refractivity contribution in [2.75, 3.05) is 0 Å². The second-order valence-corrected chi connectivity index (χ2v) is 6.48. The van der Waals surface area contributed by atoms with E-state index in [1.54, 1.807) is 12.2 Å². The predicted molar refractivity (Wildman–Crippen MR) is 88.0 cm³/mol. The smallest absolute Gasteiger partial charge is 0.303 e. The highest BCUT2D eigenvalue weighted by Crippen LogP contribution is 2.34. The maximum atomic E-state index is 12.0. The van der Waals surface area contributed by atoms with Gasteiger partial charge in [0, 0.05) is 24.7 Å². The van der Waals surface area contributed by atoms with Gasteiger partial charge in [0.25, 0.3) is 0 Å². The standard InChI is InChI=1S/C18H30O5/c1-2-13(19)10-11-15-14(16(20)12-17(15)21)8-6-4-3-5-7-9-18(22)23/h10-11,13-15,17,19,21H,2-9,12H2,1H3,(H,22,23)/b11-10+/t13-,14+,15-,17+/m1/s1. The number of aliphatic hydroxyl groups excluding tert-OH is 2. The summed E-state index contributed by atoms with van der Waals surface area (Å²) in [7, 11) is 0. The molecule has 5 nitrogen and oxygen atoms in total. The van der Waals surface area contributed by atoms with E-state index in [1.165, 1.54) is 0 Å². The molecular formula is C18H30O5. The maximum Gasteiger partial charge on any atom is 0.303 e. The van der Waals surface area contributed by atoms with Crippen molar-refractivity contribution in [2.45, 2.75) is 76.9 Å². The number of carboxylic acids is 1. The highest BCUT2D eigenvalue weighted by atomic mass is 16.4. The summed E-state index contributed by atoms with van der Waals surface area (Å²) in [6.45, 7) is 1.88. The maximum absolute atomic E-state index is 12.0. The fraction of sp³-hybridized carbons (Fsp3) is 0.778. The molecule has 0 spiro atoms. The van der Waals surface area contributed by atoms with Crippen LogP contribution in [0.5, 0.6) is 0 Å². The molecule has 0 aromatic rings. The average molecular weight is 326 g/mol. The van der Waals surface area contributed by atoms with Gasteiger partial charge >= 0.3 is 5.97 Å². The Bertz CT molecular complexity index is 404. The number of carbonyl (C=O) groups excluding carboxylic acids is 1. The molecule has 0 amide bonds. The van der Waals surface area contributed by atoms with E-state index < -0.39 is 18.2 Å². The zero-order chi connectivity index (χ0) is 17.2. The summed E-state index contributed by atoms with van der Waals surface area (Å²) in [6, 6.07) is 0. The molecule has 1 aliphatic rings.